The first kappa shape index (κ1) is 14.8. The predicted octanol–water partition coefficient (Wildman–Crippen LogP) is 2.38. The summed E-state index contributed by atoms with van der Waals surface area (Å²) in [6.45, 7) is 2.14. The first-order valence-corrected chi connectivity index (χ1v) is 7.23. The van der Waals surface area contributed by atoms with E-state index in [0.29, 0.717) is 31.9 Å². The average molecular weight is 303 g/mol. The lowest BCUT2D eigenvalue weighted by molar-refractivity contribution is 0.171. The Morgan fingerprint density at radius 1 is 0.955 bits per heavy atom. The van der Waals surface area contributed by atoms with Crippen LogP contribution in [0.3, 0.4) is 0 Å². The van der Waals surface area contributed by atoms with E-state index < -0.39 is 0 Å². The highest BCUT2D eigenvalue weighted by Crippen LogP contribution is 2.30. The minimum Gasteiger partial charge on any atom is -0.486 e. The largest absolute Gasteiger partial charge is 0.486 e. The smallest absolute Gasteiger partial charge is 0.161 e. The molecule has 0 amide bonds. The zero-order chi connectivity index (χ0) is 15.4. The van der Waals surface area contributed by atoms with Gasteiger partial charge in [0, 0.05) is 18.7 Å². The van der Waals surface area contributed by atoms with Crippen LogP contribution in [0, 0.1) is 5.82 Å². The molecule has 0 radical (unpaired) electrons. The van der Waals surface area contributed by atoms with Crippen molar-refractivity contribution < 1.29 is 19.0 Å². The van der Waals surface area contributed by atoms with Crippen LogP contribution in [0.5, 0.6) is 11.5 Å². The molecular weight excluding hydrogens is 285 g/mol. The van der Waals surface area contributed by atoms with Crippen molar-refractivity contribution in [2.75, 3.05) is 13.2 Å². The van der Waals surface area contributed by atoms with Crippen LogP contribution in [0.25, 0.3) is 0 Å². The number of fused-ring (bicyclic) bond motifs is 1. The number of halogens is 1. The van der Waals surface area contributed by atoms with Gasteiger partial charge in [0.25, 0.3) is 0 Å². The summed E-state index contributed by atoms with van der Waals surface area (Å²) in [6.07, 6.45) is 0. The second-order valence-electron chi connectivity index (χ2n) is 5.17. The van der Waals surface area contributed by atoms with Crippen LogP contribution in [-0.4, -0.2) is 18.3 Å². The van der Waals surface area contributed by atoms with E-state index in [4.69, 9.17) is 14.6 Å². The summed E-state index contributed by atoms with van der Waals surface area (Å²) in [7, 11) is 0. The Hall–Kier alpha value is -2.11. The molecule has 2 N–H and O–H groups in total. The fraction of sp³-hybridized carbons (Fsp3) is 0.294. The first-order chi connectivity index (χ1) is 10.8. The molecule has 5 heteroatoms. The van der Waals surface area contributed by atoms with Gasteiger partial charge in [-0.25, -0.2) is 4.39 Å². The Kier molecular flexibility index (Phi) is 4.56. The highest BCUT2D eigenvalue weighted by Gasteiger charge is 2.11. The second-order valence-corrected chi connectivity index (χ2v) is 5.17. The van der Waals surface area contributed by atoms with Crippen LogP contribution in [0.15, 0.2) is 36.4 Å². The number of aliphatic hydroxyl groups is 1. The van der Waals surface area contributed by atoms with Gasteiger partial charge in [0.1, 0.15) is 19.0 Å². The lowest BCUT2D eigenvalue weighted by Crippen LogP contribution is -2.16. The van der Waals surface area contributed by atoms with E-state index in [2.05, 4.69) is 5.32 Å². The maximum Gasteiger partial charge on any atom is 0.161 e. The van der Waals surface area contributed by atoms with Crippen LogP contribution < -0.4 is 14.8 Å². The lowest BCUT2D eigenvalue weighted by atomic mass is 10.1. The average Bonchev–Trinajstić information content (AvgIpc) is 2.56. The molecule has 116 valence electrons. The van der Waals surface area contributed by atoms with E-state index >= 15 is 0 Å². The van der Waals surface area contributed by atoms with Gasteiger partial charge in [-0.15, -0.1) is 0 Å². The standard InChI is InChI=1S/C17H18FNO3/c18-15-3-1-12(7-14(15)11-20)9-19-10-13-2-4-16-17(8-13)22-6-5-21-16/h1-4,7-8,19-20H,5-6,9-11H2. The highest BCUT2D eigenvalue weighted by molar-refractivity contribution is 5.43. The van der Waals surface area contributed by atoms with Gasteiger partial charge in [-0.1, -0.05) is 12.1 Å². The van der Waals surface area contributed by atoms with Gasteiger partial charge in [0.15, 0.2) is 11.5 Å². The molecule has 0 aliphatic carbocycles. The van der Waals surface area contributed by atoms with Crippen molar-refractivity contribution >= 4 is 0 Å². The van der Waals surface area contributed by atoms with Crippen molar-refractivity contribution in [2.24, 2.45) is 0 Å². The Morgan fingerprint density at radius 3 is 2.41 bits per heavy atom. The van der Waals surface area contributed by atoms with Gasteiger partial charge in [-0.3, -0.25) is 0 Å². The van der Waals surface area contributed by atoms with Crippen molar-refractivity contribution in [1.29, 1.82) is 0 Å². The summed E-state index contributed by atoms with van der Waals surface area (Å²) >= 11 is 0. The molecule has 0 saturated heterocycles. The highest BCUT2D eigenvalue weighted by atomic mass is 19.1. The molecule has 22 heavy (non-hydrogen) atoms. The quantitative estimate of drug-likeness (QED) is 0.890. The molecule has 1 aliphatic heterocycles. The van der Waals surface area contributed by atoms with E-state index in [-0.39, 0.29) is 12.4 Å². The number of hydrogen-bond acceptors (Lipinski definition) is 4. The Bertz CT molecular complexity index is 660. The van der Waals surface area contributed by atoms with Gasteiger partial charge < -0.3 is 19.9 Å². The molecule has 4 nitrogen and oxygen atoms in total. The molecule has 0 spiro atoms. The fourth-order valence-corrected chi connectivity index (χ4v) is 2.41. The van der Waals surface area contributed by atoms with Crippen molar-refractivity contribution in [1.82, 2.24) is 5.32 Å². The SMILES string of the molecule is OCc1cc(CNCc2ccc3c(c2)OCCO3)ccc1F. The summed E-state index contributed by atoms with van der Waals surface area (Å²) in [5.41, 5.74) is 2.34. The molecule has 0 atom stereocenters. The van der Waals surface area contributed by atoms with Crippen LogP contribution in [-0.2, 0) is 19.7 Å². The predicted molar refractivity (Wildman–Crippen MR) is 80.3 cm³/mol. The Balaban J connectivity index is 1.59. The molecule has 0 bridgehead atoms. The topological polar surface area (TPSA) is 50.7 Å². The zero-order valence-electron chi connectivity index (χ0n) is 12.1. The fourth-order valence-electron chi connectivity index (χ4n) is 2.41. The van der Waals surface area contributed by atoms with Gasteiger partial charge in [-0.05, 0) is 35.4 Å². The van der Waals surface area contributed by atoms with E-state index in [1.165, 1.54) is 6.07 Å². The van der Waals surface area contributed by atoms with Crippen molar-refractivity contribution in [3.8, 4) is 11.5 Å². The van der Waals surface area contributed by atoms with Gasteiger partial charge >= 0.3 is 0 Å². The number of rotatable bonds is 5. The summed E-state index contributed by atoms with van der Waals surface area (Å²) in [4.78, 5) is 0. The van der Waals surface area contributed by atoms with Crippen molar-refractivity contribution in [2.45, 2.75) is 19.7 Å². The van der Waals surface area contributed by atoms with Gasteiger partial charge in [0.05, 0.1) is 6.61 Å². The van der Waals surface area contributed by atoms with Crippen LogP contribution in [0.2, 0.25) is 0 Å². The Morgan fingerprint density at radius 2 is 1.64 bits per heavy atom. The number of hydrogen-bond donors (Lipinski definition) is 2. The summed E-state index contributed by atoms with van der Waals surface area (Å²) in [5.74, 6) is 1.18. The minimum atomic E-state index is -0.377. The zero-order valence-corrected chi connectivity index (χ0v) is 12.1. The number of aliphatic hydroxyl groups excluding tert-OH is 1. The molecule has 1 aliphatic rings. The van der Waals surface area contributed by atoms with E-state index in [1.54, 1.807) is 12.1 Å². The molecule has 0 aromatic heterocycles. The molecule has 1 heterocycles. The van der Waals surface area contributed by atoms with E-state index in [1.807, 2.05) is 18.2 Å². The summed E-state index contributed by atoms with van der Waals surface area (Å²) in [5, 5.41) is 12.4. The van der Waals surface area contributed by atoms with E-state index in [0.717, 1.165) is 22.6 Å². The maximum atomic E-state index is 13.3. The monoisotopic (exact) mass is 303 g/mol. The maximum absolute atomic E-state index is 13.3. The third-order valence-corrected chi connectivity index (χ3v) is 3.55. The third kappa shape index (κ3) is 3.37. The number of ether oxygens (including phenoxy) is 2. The number of nitrogens with one attached hydrogen (secondary N) is 1. The number of benzene rings is 2. The van der Waals surface area contributed by atoms with Crippen molar-refractivity contribution in [3.63, 3.8) is 0 Å². The van der Waals surface area contributed by atoms with Gasteiger partial charge in [-0.2, -0.15) is 0 Å². The Labute approximate surface area is 128 Å². The van der Waals surface area contributed by atoms with Gasteiger partial charge in [0.2, 0.25) is 0 Å². The molecule has 0 fully saturated rings. The summed E-state index contributed by atoms with van der Waals surface area (Å²) < 4.78 is 24.3. The summed E-state index contributed by atoms with van der Waals surface area (Å²) in [6, 6.07) is 10.6. The third-order valence-electron chi connectivity index (χ3n) is 3.55. The minimum absolute atomic E-state index is 0.290. The molecule has 0 saturated carbocycles. The molecule has 3 rings (SSSR count). The molecule has 2 aromatic rings. The molecular formula is C17H18FNO3. The molecule has 0 unspecified atom stereocenters. The van der Waals surface area contributed by atoms with Crippen LogP contribution in [0.4, 0.5) is 4.39 Å². The lowest BCUT2D eigenvalue weighted by Gasteiger charge is -2.19. The van der Waals surface area contributed by atoms with Crippen molar-refractivity contribution in [3.05, 3.63) is 58.9 Å². The normalized spacial score (nSPS) is 13.2. The second kappa shape index (κ2) is 6.77. The van der Waals surface area contributed by atoms with Crippen LogP contribution >= 0.6 is 0 Å². The van der Waals surface area contributed by atoms with Crippen LogP contribution in [0.1, 0.15) is 16.7 Å². The van der Waals surface area contributed by atoms with E-state index in [9.17, 15) is 4.39 Å². The first-order valence-electron chi connectivity index (χ1n) is 7.23. The molecule has 2 aromatic carbocycles.